The fourth-order valence-corrected chi connectivity index (χ4v) is 2.45. The maximum absolute atomic E-state index is 12.5. The number of rotatable bonds is 14. The first-order valence-electron chi connectivity index (χ1n) is 9.36. The van der Waals surface area contributed by atoms with Gasteiger partial charge in [0, 0.05) is 19.9 Å². The molecule has 0 spiro atoms. The van der Waals surface area contributed by atoms with Gasteiger partial charge in [-0.05, 0) is 52.0 Å². The molecule has 0 rings (SSSR count). The molecule has 0 saturated carbocycles. The topological polar surface area (TPSA) is 130 Å². The molecule has 0 aromatic heterocycles. The zero-order valence-electron chi connectivity index (χ0n) is 16.2. The van der Waals surface area contributed by atoms with Gasteiger partial charge in [-0.15, -0.1) is 0 Å². The monoisotopic (exact) mass is 370 g/mol. The molecule has 26 heavy (non-hydrogen) atoms. The molecule has 150 valence electrons. The lowest BCUT2D eigenvalue weighted by atomic mass is 10.0. The SMILES string of the molecule is CCC(=O)N[C@H](CCCCNC(C)=O)C(=O)NC(CCCCN)C(C)=O. The summed E-state index contributed by atoms with van der Waals surface area (Å²) in [6.45, 7) is 5.68. The molecule has 0 heterocycles. The number of unbranched alkanes of at least 4 members (excludes halogenated alkanes) is 2. The number of hydrogen-bond acceptors (Lipinski definition) is 5. The van der Waals surface area contributed by atoms with Crippen LogP contribution in [0.4, 0.5) is 0 Å². The largest absolute Gasteiger partial charge is 0.356 e. The van der Waals surface area contributed by atoms with E-state index in [1.807, 2.05) is 0 Å². The van der Waals surface area contributed by atoms with Crippen molar-refractivity contribution >= 4 is 23.5 Å². The lowest BCUT2D eigenvalue weighted by molar-refractivity contribution is -0.131. The van der Waals surface area contributed by atoms with E-state index in [-0.39, 0.29) is 29.9 Å². The van der Waals surface area contributed by atoms with Crippen molar-refractivity contribution in [2.45, 2.75) is 77.8 Å². The smallest absolute Gasteiger partial charge is 0.243 e. The second-order valence-electron chi connectivity index (χ2n) is 6.41. The van der Waals surface area contributed by atoms with Crippen molar-refractivity contribution in [2.24, 2.45) is 5.73 Å². The minimum Gasteiger partial charge on any atom is -0.356 e. The van der Waals surface area contributed by atoms with Crippen LogP contribution < -0.4 is 21.7 Å². The predicted molar refractivity (Wildman–Crippen MR) is 100 cm³/mol. The average molecular weight is 370 g/mol. The van der Waals surface area contributed by atoms with Crippen molar-refractivity contribution in [3.05, 3.63) is 0 Å². The van der Waals surface area contributed by atoms with E-state index in [0.717, 1.165) is 12.8 Å². The Morgan fingerprint density at radius 3 is 2.04 bits per heavy atom. The Bertz CT molecular complexity index is 468. The van der Waals surface area contributed by atoms with Crippen molar-refractivity contribution in [1.82, 2.24) is 16.0 Å². The molecule has 0 saturated heterocycles. The zero-order chi connectivity index (χ0) is 19.9. The second kappa shape index (κ2) is 14.2. The number of nitrogens with two attached hydrogens (primary N) is 1. The van der Waals surface area contributed by atoms with E-state index in [0.29, 0.717) is 38.8 Å². The third-order valence-corrected chi connectivity index (χ3v) is 4.02. The first-order chi connectivity index (χ1) is 12.3. The standard InChI is InChI=1S/C18H34N4O4/c1-4-17(25)21-16(10-6-8-12-20-14(3)24)18(26)22-15(13(2)23)9-5-7-11-19/h15-16H,4-12,19H2,1-3H3,(H,20,24)(H,21,25)(H,22,26)/t15?,16-/m1/s1. The second-order valence-corrected chi connectivity index (χ2v) is 6.41. The molecule has 0 radical (unpaired) electrons. The number of hydrogen-bond donors (Lipinski definition) is 4. The molecule has 8 nitrogen and oxygen atoms in total. The molecule has 8 heteroatoms. The highest BCUT2D eigenvalue weighted by molar-refractivity contribution is 5.91. The van der Waals surface area contributed by atoms with Crippen LogP contribution in [0.5, 0.6) is 0 Å². The lowest BCUT2D eigenvalue weighted by Gasteiger charge is -2.22. The number of ketones is 1. The van der Waals surface area contributed by atoms with Crippen LogP contribution in [-0.4, -0.2) is 48.7 Å². The maximum atomic E-state index is 12.5. The van der Waals surface area contributed by atoms with Crippen LogP contribution in [-0.2, 0) is 19.2 Å². The molecule has 3 amide bonds. The van der Waals surface area contributed by atoms with Gasteiger partial charge >= 0.3 is 0 Å². The van der Waals surface area contributed by atoms with E-state index in [9.17, 15) is 19.2 Å². The summed E-state index contributed by atoms with van der Waals surface area (Å²) in [4.78, 5) is 46.9. The highest BCUT2D eigenvalue weighted by Crippen LogP contribution is 2.06. The molecule has 1 unspecified atom stereocenters. The van der Waals surface area contributed by atoms with Crippen molar-refractivity contribution in [1.29, 1.82) is 0 Å². The van der Waals surface area contributed by atoms with Crippen molar-refractivity contribution in [3.8, 4) is 0 Å². The Kier molecular flexibility index (Phi) is 13.2. The molecule has 0 aromatic carbocycles. The van der Waals surface area contributed by atoms with E-state index in [1.54, 1.807) is 6.92 Å². The summed E-state index contributed by atoms with van der Waals surface area (Å²) in [5.74, 6) is -0.768. The Morgan fingerprint density at radius 2 is 1.50 bits per heavy atom. The third-order valence-electron chi connectivity index (χ3n) is 4.02. The van der Waals surface area contributed by atoms with Gasteiger partial charge in [-0.25, -0.2) is 0 Å². The first kappa shape index (κ1) is 24.0. The molecular weight excluding hydrogens is 336 g/mol. The molecule has 0 bridgehead atoms. The number of carbonyl (C=O) groups excluding carboxylic acids is 4. The van der Waals surface area contributed by atoms with Crippen LogP contribution in [0.15, 0.2) is 0 Å². The van der Waals surface area contributed by atoms with Gasteiger partial charge in [0.05, 0.1) is 6.04 Å². The quantitative estimate of drug-likeness (QED) is 0.329. The van der Waals surface area contributed by atoms with E-state index in [4.69, 9.17) is 5.73 Å². The van der Waals surface area contributed by atoms with Crippen LogP contribution in [0.25, 0.3) is 0 Å². The molecule has 5 N–H and O–H groups in total. The van der Waals surface area contributed by atoms with E-state index in [1.165, 1.54) is 13.8 Å². The first-order valence-corrected chi connectivity index (χ1v) is 9.36. The van der Waals surface area contributed by atoms with Gasteiger partial charge in [0.25, 0.3) is 0 Å². The molecular formula is C18H34N4O4. The minimum atomic E-state index is -0.684. The summed E-state index contributed by atoms with van der Waals surface area (Å²) in [5, 5.41) is 8.15. The third kappa shape index (κ3) is 11.6. The summed E-state index contributed by atoms with van der Waals surface area (Å²) in [6.07, 6.45) is 4.18. The minimum absolute atomic E-state index is 0.0969. The van der Waals surface area contributed by atoms with Crippen molar-refractivity contribution in [2.75, 3.05) is 13.1 Å². The summed E-state index contributed by atoms with van der Waals surface area (Å²) in [5.41, 5.74) is 5.46. The summed E-state index contributed by atoms with van der Waals surface area (Å²) in [7, 11) is 0. The Labute approximate surface area is 156 Å². The number of Topliss-reactive ketones (excluding diaryl/α,β-unsaturated/α-hetero) is 1. The van der Waals surface area contributed by atoms with Gasteiger partial charge in [0.15, 0.2) is 5.78 Å². The maximum Gasteiger partial charge on any atom is 0.243 e. The molecule has 0 aliphatic carbocycles. The van der Waals surface area contributed by atoms with Crippen molar-refractivity contribution in [3.63, 3.8) is 0 Å². The van der Waals surface area contributed by atoms with Gasteiger partial charge < -0.3 is 21.7 Å². The molecule has 0 aliphatic rings. The van der Waals surface area contributed by atoms with Crippen LogP contribution in [0.3, 0.4) is 0 Å². The van der Waals surface area contributed by atoms with E-state index < -0.39 is 12.1 Å². The lowest BCUT2D eigenvalue weighted by Crippen LogP contribution is -2.51. The number of amides is 3. The van der Waals surface area contributed by atoms with Gasteiger partial charge in [-0.2, -0.15) is 0 Å². The van der Waals surface area contributed by atoms with Gasteiger partial charge in [0.2, 0.25) is 17.7 Å². The normalized spacial score (nSPS) is 12.8. The summed E-state index contributed by atoms with van der Waals surface area (Å²) >= 11 is 0. The molecule has 0 aliphatic heterocycles. The molecule has 0 fully saturated rings. The molecule has 0 aromatic rings. The fourth-order valence-electron chi connectivity index (χ4n) is 2.45. The predicted octanol–water partition coefficient (Wildman–Crippen LogP) is 0.390. The van der Waals surface area contributed by atoms with Crippen molar-refractivity contribution < 1.29 is 19.2 Å². The van der Waals surface area contributed by atoms with Crippen LogP contribution in [0, 0.1) is 0 Å². The average Bonchev–Trinajstić information content (AvgIpc) is 2.58. The number of carbonyl (C=O) groups is 4. The van der Waals surface area contributed by atoms with Gasteiger partial charge in [0.1, 0.15) is 6.04 Å². The highest BCUT2D eigenvalue weighted by atomic mass is 16.2. The Balaban J connectivity index is 4.66. The van der Waals surface area contributed by atoms with Crippen LogP contribution >= 0.6 is 0 Å². The Morgan fingerprint density at radius 1 is 0.885 bits per heavy atom. The zero-order valence-corrected chi connectivity index (χ0v) is 16.2. The van der Waals surface area contributed by atoms with E-state index >= 15 is 0 Å². The summed E-state index contributed by atoms with van der Waals surface area (Å²) in [6, 6.07) is -1.24. The summed E-state index contributed by atoms with van der Waals surface area (Å²) < 4.78 is 0. The van der Waals surface area contributed by atoms with Crippen LogP contribution in [0.1, 0.15) is 65.7 Å². The van der Waals surface area contributed by atoms with Gasteiger partial charge in [-0.1, -0.05) is 6.92 Å². The Hall–Kier alpha value is -1.96. The fraction of sp³-hybridized carbons (Fsp3) is 0.778. The number of nitrogens with one attached hydrogen (secondary N) is 3. The van der Waals surface area contributed by atoms with Gasteiger partial charge in [-0.3, -0.25) is 19.2 Å². The molecule has 2 atom stereocenters. The van der Waals surface area contributed by atoms with E-state index in [2.05, 4.69) is 16.0 Å². The van der Waals surface area contributed by atoms with Crippen LogP contribution in [0.2, 0.25) is 0 Å². The highest BCUT2D eigenvalue weighted by Gasteiger charge is 2.24.